The van der Waals surface area contributed by atoms with Crippen LogP contribution in [0.25, 0.3) is 0 Å². The zero-order chi connectivity index (χ0) is 9.84. The molecule has 0 spiro atoms. The zero-order valence-electron chi connectivity index (χ0n) is 8.45. The lowest BCUT2D eigenvalue weighted by Gasteiger charge is -2.13. The minimum Gasteiger partial charge on any atom is -0.339 e. The van der Waals surface area contributed by atoms with E-state index in [0.717, 1.165) is 12.2 Å². The van der Waals surface area contributed by atoms with Crippen LogP contribution in [0.5, 0.6) is 0 Å². The van der Waals surface area contributed by atoms with Gasteiger partial charge in [-0.1, -0.05) is 25.9 Å². The number of rotatable bonds is 4. The lowest BCUT2D eigenvalue weighted by atomic mass is 9.96. The third kappa shape index (κ3) is 2.28. The zero-order valence-corrected chi connectivity index (χ0v) is 8.45. The number of hydrogen-bond acceptors (Lipinski definition) is 4. The van der Waals surface area contributed by atoms with Gasteiger partial charge in [-0.15, -0.1) is 0 Å². The predicted molar refractivity (Wildman–Crippen MR) is 50.3 cm³/mol. The molecular weight excluding hydrogens is 166 g/mol. The SMILES string of the molecule is CCc1noc(C(CN)C(C)C)n1. The van der Waals surface area contributed by atoms with E-state index in [9.17, 15) is 0 Å². The Morgan fingerprint density at radius 3 is 2.54 bits per heavy atom. The van der Waals surface area contributed by atoms with Gasteiger partial charge in [0.25, 0.3) is 0 Å². The van der Waals surface area contributed by atoms with E-state index in [1.807, 2.05) is 6.92 Å². The normalized spacial score (nSPS) is 13.6. The molecule has 0 saturated carbocycles. The molecule has 1 unspecified atom stereocenters. The van der Waals surface area contributed by atoms with Gasteiger partial charge in [-0.2, -0.15) is 4.98 Å². The Morgan fingerprint density at radius 2 is 2.15 bits per heavy atom. The average Bonchev–Trinajstić information content (AvgIpc) is 2.53. The summed E-state index contributed by atoms with van der Waals surface area (Å²) in [6, 6.07) is 0. The Bertz CT molecular complexity index is 257. The number of nitrogens with two attached hydrogens (primary N) is 1. The van der Waals surface area contributed by atoms with Crippen molar-refractivity contribution in [2.45, 2.75) is 33.1 Å². The van der Waals surface area contributed by atoms with E-state index in [-0.39, 0.29) is 5.92 Å². The molecule has 0 bridgehead atoms. The molecule has 1 aromatic heterocycles. The van der Waals surface area contributed by atoms with Crippen molar-refractivity contribution in [3.8, 4) is 0 Å². The summed E-state index contributed by atoms with van der Waals surface area (Å²) in [5.74, 6) is 2.06. The molecule has 1 rings (SSSR count). The highest BCUT2D eigenvalue weighted by Crippen LogP contribution is 2.21. The van der Waals surface area contributed by atoms with Gasteiger partial charge in [-0.25, -0.2) is 0 Å². The highest BCUT2D eigenvalue weighted by Gasteiger charge is 2.20. The molecule has 0 aromatic carbocycles. The molecule has 13 heavy (non-hydrogen) atoms. The van der Waals surface area contributed by atoms with E-state index in [1.165, 1.54) is 0 Å². The summed E-state index contributed by atoms with van der Waals surface area (Å²) in [5.41, 5.74) is 5.63. The predicted octanol–water partition coefficient (Wildman–Crippen LogP) is 1.33. The maximum atomic E-state index is 5.63. The second kappa shape index (κ2) is 4.37. The number of nitrogens with zero attached hydrogens (tertiary/aromatic N) is 2. The molecule has 1 heterocycles. The fourth-order valence-corrected chi connectivity index (χ4v) is 1.22. The van der Waals surface area contributed by atoms with Gasteiger partial charge in [0.2, 0.25) is 5.89 Å². The minimum absolute atomic E-state index is 0.188. The molecule has 0 amide bonds. The standard InChI is InChI=1S/C9H17N3O/c1-4-8-11-9(13-12-8)7(5-10)6(2)3/h6-7H,4-5,10H2,1-3H3. The smallest absolute Gasteiger partial charge is 0.231 e. The van der Waals surface area contributed by atoms with Crippen molar-refractivity contribution in [3.05, 3.63) is 11.7 Å². The monoisotopic (exact) mass is 183 g/mol. The Balaban J connectivity index is 2.79. The van der Waals surface area contributed by atoms with Crippen molar-refractivity contribution in [1.82, 2.24) is 10.1 Å². The summed E-state index contributed by atoms with van der Waals surface area (Å²) in [6.45, 7) is 6.77. The number of hydrogen-bond donors (Lipinski definition) is 1. The minimum atomic E-state index is 0.188. The van der Waals surface area contributed by atoms with Gasteiger partial charge < -0.3 is 10.3 Å². The molecule has 0 aliphatic rings. The van der Waals surface area contributed by atoms with Gasteiger partial charge in [0.05, 0.1) is 5.92 Å². The third-order valence-corrected chi connectivity index (χ3v) is 2.18. The van der Waals surface area contributed by atoms with Crippen LogP contribution in [0.4, 0.5) is 0 Å². The molecule has 0 saturated heterocycles. The van der Waals surface area contributed by atoms with E-state index in [0.29, 0.717) is 18.4 Å². The molecule has 4 nitrogen and oxygen atoms in total. The van der Waals surface area contributed by atoms with E-state index >= 15 is 0 Å². The average molecular weight is 183 g/mol. The number of aryl methyl sites for hydroxylation is 1. The second-order valence-corrected chi connectivity index (χ2v) is 3.49. The molecule has 4 heteroatoms. The first kappa shape index (κ1) is 10.2. The maximum Gasteiger partial charge on any atom is 0.231 e. The molecule has 1 aromatic rings. The van der Waals surface area contributed by atoms with E-state index in [1.54, 1.807) is 0 Å². The fraction of sp³-hybridized carbons (Fsp3) is 0.778. The summed E-state index contributed by atoms with van der Waals surface area (Å²) in [4.78, 5) is 4.26. The highest BCUT2D eigenvalue weighted by atomic mass is 16.5. The van der Waals surface area contributed by atoms with Crippen molar-refractivity contribution in [2.75, 3.05) is 6.54 Å². The molecule has 0 aliphatic heterocycles. The Morgan fingerprint density at radius 1 is 1.46 bits per heavy atom. The highest BCUT2D eigenvalue weighted by molar-refractivity contribution is 4.95. The van der Waals surface area contributed by atoms with Crippen molar-refractivity contribution < 1.29 is 4.52 Å². The van der Waals surface area contributed by atoms with Gasteiger partial charge in [0, 0.05) is 13.0 Å². The quantitative estimate of drug-likeness (QED) is 0.764. The number of aromatic nitrogens is 2. The van der Waals surface area contributed by atoms with Gasteiger partial charge in [-0.05, 0) is 5.92 Å². The molecule has 2 N–H and O–H groups in total. The maximum absolute atomic E-state index is 5.63. The van der Waals surface area contributed by atoms with Gasteiger partial charge >= 0.3 is 0 Å². The Hall–Kier alpha value is -0.900. The van der Waals surface area contributed by atoms with E-state index in [4.69, 9.17) is 10.3 Å². The van der Waals surface area contributed by atoms with Crippen LogP contribution in [0.2, 0.25) is 0 Å². The van der Waals surface area contributed by atoms with E-state index in [2.05, 4.69) is 24.0 Å². The first-order valence-electron chi connectivity index (χ1n) is 4.71. The third-order valence-electron chi connectivity index (χ3n) is 2.18. The van der Waals surface area contributed by atoms with Crippen molar-refractivity contribution in [1.29, 1.82) is 0 Å². The topological polar surface area (TPSA) is 64.9 Å². The van der Waals surface area contributed by atoms with Crippen molar-refractivity contribution >= 4 is 0 Å². The van der Waals surface area contributed by atoms with Gasteiger partial charge in [0.1, 0.15) is 0 Å². The van der Waals surface area contributed by atoms with Crippen LogP contribution < -0.4 is 5.73 Å². The van der Waals surface area contributed by atoms with Crippen molar-refractivity contribution in [2.24, 2.45) is 11.7 Å². The van der Waals surface area contributed by atoms with Crippen LogP contribution in [0, 0.1) is 5.92 Å². The molecule has 74 valence electrons. The summed E-state index contributed by atoms with van der Waals surface area (Å²) in [7, 11) is 0. The van der Waals surface area contributed by atoms with Crippen LogP contribution in [-0.4, -0.2) is 16.7 Å². The molecule has 0 aliphatic carbocycles. The Kier molecular flexibility index (Phi) is 3.42. The molecule has 0 radical (unpaired) electrons. The van der Waals surface area contributed by atoms with E-state index < -0.39 is 0 Å². The summed E-state index contributed by atoms with van der Waals surface area (Å²) >= 11 is 0. The molecule has 1 atom stereocenters. The van der Waals surface area contributed by atoms with Crippen LogP contribution in [0.15, 0.2) is 4.52 Å². The first-order chi connectivity index (χ1) is 6.19. The van der Waals surface area contributed by atoms with Gasteiger partial charge in [0.15, 0.2) is 5.82 Å². The summed E-state index contributed by atoms with van der Waals surface area (Å²) in [6.07, 6.45) is 0.804. The largest absolute Gasteiger partial charge is 0.339 e. The van der Waals surface area contributed by atoms with Crippen LogP contribution in [0.1, 0.15) is 38.4 Å². The van der Waals surface area contributed by atoms with Crippen LogP contribution in [-0.2, 0) is 6.42 Å². The van der Waals surface area contributed by atoms with Gasteiger partial charge in [-0.3, -0.25) is 0 Å². The lowest BCUT2D eigenvalue weighted by molar-refractivity contribution is 0.322. The van der Waals surface area contributed by atoms with Crippen LogP contribution in [0.3, 0.4) is 0 Å². The molecule has 0 fully saturated rings. The first-order valence-corrected chi connectivity index (χ1v) is 4.71. The second-order valence-electron chi connectivity index (χ2n) is 3.49. The summed E-state index contributed by atoms with van der Waals surface area (Å²) < 4.78 is 5.13. The fourth-order valence-electron chi connectivity index (χ4n) is 1.22. The lowest BCUT2D eigenvalue weighted by Crippen LogP contribution is -2.18. The molecular formula is C9H17N3O. The Labute approximate surface area is 78.5 Å². The van der Waals surface area contributed by atoms with Crippen LogP contribution >= 0.6 is 0 Å². The summed E-state index contributed by atoms with van der Waals surface area (Å²) in [5, 5.41) is 3.84. The van der Waals surface area contributed by atoms with Crippen molar-refractivity contribution in [3.63, 3.8) is 0 Å².